The van der Waals surface area contributed by atoms with Crippen LogP contribution in [0.5, 0.6) is 0 Å². The van der Waals surface area contributed by atoms with E-state index < -0.39 is 0 Å². The van der Waals surface area contributed by atoms with Gasteiger partial charge in [0.05, 0.1) is 6.10 Å². The lowest BCUT2D eigenvalue weighted by Crippen LogP contribution is -2.31. The van der Waals surface area contributed by atoms with Crippen molar-refractivity contribution in [2.24, 2.45) is 11.8 Å². The maximum atomic E-state index is 5.48. The van der Waals surface area contributed by atoms with Crippen LogP contribution in [-0.4, -0.2) is 13.2 Å². The van der Waals surface area contributed by atoms with Crippen molar-refractivity contribution in [3.63, 3.8) is 0 Å². The molecular formula is C11H22O. The summed E-state index contributed by atoms with van der Waals surface area (Å²) in [7, 11) is 1.86. The Balaban J connectivity index is 2.41. The van der Waals surface area contributed by atoms with Gasteiger partial charge in [-0.1, -0.05) is 39.5 Å². The fourth-order valence-corrected chi connectivity index (χ4v) is 2.52. The van der Waals surface area contributed by atoms with Gasteiger partial charge in [-0.15, -0.1) is 0 Å². The first-order chi connectivity index (χ1) is 5.79. The lowest BCUT2D eigenvalue weighted by atomic mass is 9.76. The van der Waals surface area contributed by atoms with Crippen LogP contribution in [0.3, 0.4) is 0 Å². The molecular weight excluding hydrogens is 148 g/mol. The molecule has 0 heterocycles. The number of ether oxygens (including phenoxy) is 1. The normalized spacial score (nSPS) is 36.8. The van der Waals surface area contributed by atoms with Gasteiger partial charge in [-0.05, 0) is 18.3 Å². The smallest absolute Gasteiger partial charge is 0.0599 e. The predicted octanol–water partition coefficient (Wildman–Crippen LogP) is 3.24. The van der Waals surface area contributed by atoms with Crippen LogP contribution in [0, 0.1) is 11.8 Å². The SMILES string of the molecule is CCC[C@@H]1CCCC(OC)C1C. The highest BCUT2D eigenvalue weighted by molar-refractivity contribution is 4.79. The van der Waals surface area contributed by atoms with E-state index in [9.17, 15) is 0 Å². The van der Waals surface area contributed by atoms with E-state index in [0.717, 1.165) is 11.8 Å². The number of methoxy groups -OCH3 is 1. The molecule has 2 unspecified atom stereocenters. The monoisotopic (exact) mass is 170 g/mol. The highest BCUT2D eigenvalue weighted by Gasteiger charge is 2.28. The molecule has 0 spiro atoms. The third-order valence-corrected chi connectivity index (χ3v) is 3.36. The van der Waals surface area contributed by atoms with Gasteiger partial charge in [-0.25, -0.2) is 0 Å². The molecule has 0 saturated heterocycles. The summed E-state index contributed by atoms with van der Waals surface area (Å²) >= 11 is 0. The van der Waals surface area contributed by atoms with Gasteiger partial charge in [0, 0.05) is 7.11 Å². The van der Waals surface area contributed by atoms with Crippen LogP contribution in [0.4, 0.5) is 0 Å². The largest absolute Gasteiger partial charge is 0.381 e. The fourth-order valence-electron chi connectivity index (χ4n) is 2.52. The lowest BCUT2D eigenvalue weighted by molar-refractivity contribution is 0.00137. The van der Waals surface area contributed by atoms with E-state index in [1.807, 2.05) is 7.11 Å². The first kappa shape index (κ1) is 10.0. The second-order valence-corrected chi connectivity index (χ2v) is 4.11. The van der Waals surface area contributed by atoms with Crippen molar-refractivity contribution in [1.29, 1.82) is 0 Å². The molecule has 0 aromatic heterocycles. The van der Waals surface area contributed by atoms with Gasteiger partial charge in [0.2, 0.25) is 0 Å². The molecule has 0 bridgehead atoms. The van der Waals surface area contributed by atoms with Crippen molar-refractivity contribution < 1.29 is 4.74 Å². The lowest BCUT2D eigenvalue weighted by Gasteiger charge is -2.35. The molecule has 1 nitrogen and oxygen atoms in total. The number of hydrogen-bond donors (Lipinski definition) is 0. The topological polar surface area (TPSA) is 9.23 Å². The zero-order valence-electron chi connectivity index (χ0n) is 8.68. The molecule has 1 heteroatoms. The van der Waals surface area contributed by atoms with Crippen molar-refractivity contribution in [2.45, 2.75) is 52.1 Å². The molecule has 12 heavy (non-hydrogen) atoms. The Morgan fingerprint density at radius 1 is 1.33 bits per heavy atom. The van der Waals surface area contributed by atoms with Crippen LogP contribution in [0.25, 0.3) is 0 Å². The Morgan fingerprint density at radius 2 is 2.08 bits per heavy atom. The van der Waals surface area contributed by atoms with Crippen LogP contribution in [-0.2, 0) is 4.74 Å². The van der Waals surface area contributed by atoms with Gasteiger partial charge in [0.25, 0.3) is 0 Å². The maximum Gasteiger partial charge on any atom is 0.0599 e. The first-order valence-electron chi connectivity index (χ1n) is 5.32. The molecule has 1 saturated carbocycles. The summed E-state index contributed by atoms with van der Waals surface area (Å²) in [5.41, 5.74) is 0. The third-order valence-electron chi connectivity index (χ3n) is 3.36. The summed E-state index contributed by atoms with van der Waals surface area (Å²) in [6, 6.07) is 0. The zero-order valence-corrected chi connectivity index (χ0v) is 8.68. The Hall–Kier alpha value is -0.0400. The van der Waals surface area contributed by atoms with Crippen molar-refractivity contribution in [2.75, 3.05) is 7.11 Å². The minimum Gasteiger partial charge on any atom is -0.381 e. The van der Waals surface area contributed by atoms with Gasteiger partial charge in [0.15, 0.2) is 0 Å². The third kappa shape index (κ3) is 2.22. The van der Waals surface area contributed by atoms with Crippen molar-refractivity contribution >= 4 is 0 Å². The molecule has 0 aliphatic heterocycles. The predicted molar refractivity (Wildman–Crippen MR) is 52.2 cm³/mol. The van der Waals surface area contributed by atoms with E-state index >= 15 is 0 Å². The van der Waals surface area contributed by atoms with Crippen molar-refractivity contribution in [3.05, 3.63) is 0 Å². The summed E-state index contributed by atoms with van der Waals surface area (Å²) in [6.07, 6.45) is 7.32. The molecule has 0 aromatic carbocycles. The van der Waals surface area contributed by atoms with Crippen molar-refractivity contribution in [1.82, 2.24) is 0 Å². The first-order valence-corrected chi connectivity index (χ1v) is 5.32. The quantitative estimate of drug-likeness (QED) is 0.632. The average Bonchev–Trinajstić information content (AvgIpc) is 2.09. The van der Waals surface area contributed by atoms with E-state index in [1.165, 1.54) is 32.1 Å². The minimum absolute atomic E-state index is 0.537. The average molecular weight is 170 g/mol. The summed E-state index contributed by atoms with van der Waals surface area (Å²) in [5, 5.41) is 0. The van der Waals surface area contributed by atoms with E-state index in [0.29, 0.717) is 6.10 Å². The summed E-state index contributed by atoms with van der Waals surface area (Å²) in [6.45, 7) is 4.64. The summed E-state index contributed by atoms with van der Waals surface area (Å²) in [4.78, 5) is 0. The Morgan fingerprint density at radius 3 is 2.67 bits per heavy atom. The standard InChI is InChI=1S/C11H22O/c1-4-6-10-7-5-8-11(12-3)9(10)2/h9-11H,4-8H2,1-3H3/t9?,10-,11?/m1/s1. The number of rotatable bonds is 3. The second kappa shape index (κ2) is 4.86. The van der Waals surface area contributed by atoms with E-state index in [1.54, 1.807) is 0 Å². The van der Waals surface area contributed by atoms with Gasteiger partial charge < -0.3 is 4.74 Å². The minimum atomic E-state index is 0.537. The molecule has 0 radical (unpaired) electrons. The molecule has 1 aliphatic carbocycles. The molecule has 0 N–H and O–H groups in total. The summed E-state index contributed by atoms with van der Waals surface area (Å²) < 4.78 is 5.48. The van der Waals surface area contributed by atoms with Crippen LogP contribution in [0.2, 0.25) is 0 Å². The highest BCUT2D eigenvalue weighted by Crippen LogP contribution is 2.34. The maximum absolute atomic E-state index is 5.48. The Labute approximate surface area is 76.5 Å². The molecule has 1 aliphatic rings. The van der Waals surface area contributed by atoms with Crippen LogP contribution in [0.15, 0.2) is 0 Å². The fraction of sp³-hybridized carbons (Fsp3) is 1.00. The van der Waals surface area contributed by atoms with E-state index in [2.05, 4.69) is 13.8 Å². The van der Waals surface area contributed by atoms with Gasteiger partial charge in [0.1, 0.15) is 0 Å². The molecule has 0 amide bonds. The van der Waals surface area contributed by atoms with Crippen LogP contribution < -0.4 is 0 Å². The van der Waals surface area contributed by atoms with Crippen molar-refractivity contribution in [3.8, 4) is 0 Å². The molecule has 3 atom stereocenters. The zero-order chi connectivity index (χ0) is 8.97. The van der Waals surface area contributed by atoms with Gasteiger partial charge in [-0.3, -0.25) is 0 Å². The van der Waals surface area contributed by atoms with E-state index in [-0.39, 0.29) is 0 Å². The number of hydrogen-bond acceptors (Lipinski definition) is 1. The van der Waals surface area contributed by atoms with Crippen LogP contribution >= 0.6 is 0 Å². The van der Waals surface area contributed by atoms with Gasteiger partial charge >= 0.3 is 0 Å². The molecule has 0 aromatic rings. The second-order valence-electron chi connectivity index (χ2n) is 4.11. The summed E-state index contributed by atoms with van der Waals surface area (Å²) in [5.74, 6) is 1.71. The van der Waals surface area contributed by atoms with E-state index in [4.69, 9.17) is 4.74 Å². The van der Waals surface area contributed by atoms with Crippen LogP contribution in [0.1, 0.15) is 46.0 Å². The molecule has 1 rings (SSSR count). The Bertz CT molecular complexity index is 120. The highest BCUT2D eigenvalue weighted by atomic mass is 16.5. The van der Waals surface area contributed by atoms with Gasteiger partial charge in [-0.2, -0.15) is 0 Å². The molecule has 1 fully saturated rings. The molecule has 72 valence electrons. The Kier molecular flexibility index (Phi) is 4.07.